The third kappa shape index (κ3) is 3.94. The largest absolute Gasteiger partial charge is 0.497 e. The molecule has 1 unspecified atom stereocenters. The third-order valence-electron chi connectivity index (χ3n) is 3.72. The molecule has 1 N–H and O–H groups in total. The number of sulfonamides is 1. The second-order valence-electron chi connectivity index (χ2n) is 5.72. The van der Waals surface area contributed by atoms with Crippen molar-refractivity contribution in [3.63, 3.8) is 0 Å². The summed E-state index contributed by atoms with van der Waals surface area (Å²) in [5.74, 6) is 0.737. The van der Waals surface area contributed by atoms with Gasteiger partial charge in [-0.05, 0) is 35.7 Å². The topological polar surface area (TPSA) is 79.2 Å². The van der Waals surface area contributed by atoms with Crippen LogP contribution in [-0.4, -0.2) is 15.5 Å². The molecule has 0 aliphatic heterocycles. The van der Waals surface area contributed by atoms with Gasteiger partial charge in [0.2, 0.25) is 10.0 Å². The molecule has 0 radical (unpaired) electrons. The first-order valence-corrected chi connectivity index (χ1v) is 9.02. The smallest absolute Gasteiger partial charge is 0.242 e. The molecule has 0 saturated carbocycles. The Hall–Kier alpha value is -2.36. The number of hydrogen-bond acceptors (Lipinski definition) is 4. The molecule has 2 rings (SSSR count). The van der Waals surface area contributed by atoms with Gasteiger partial charge in [-0.2, -0.15) is 5.26 Å². The number of hydrogen-bond donors (Lipinski definition) is 1. The predicted molar refractivity (Wildman–Crippen MR) is 92.1 cm³/mol. The van der Waals surface area contributed by atoms with Crippen molar-refractivity contribution in [2.45, 2.75) is 24.8 Å². The molecule has 0 aliphatic rings. The van der Waals surface area contributed by atoms with Crippen LogP contribution in [0.1, 0.15) is 31.0 Å². The highest BCUT2D eigenvalue weighted by Gasteiger charge is 2.25. The average Bonchev–Trinajstić information content (AvgIpc) is 2.59. The highest BCUT2D eigenvalue weighted by Crippen LogP contribution is 2.26. The van der Waals surface area contributed by atoms with Crippen LogP contribution in [0.5, 0.6) is 5.75 Å². The summed E-state index contributed by atoms with van der Waals surface area (Å²) in [6.07, 6.45) is 0. The van der Waals surface area contributed by atoms with Crippen molar-refractivity contribution in [2.75, 3.05) is 7.11 Å². The lowest BCUT2D eigenvalue weighted by molar-refractivity contribution is 0.413. The van der Waals surface area contributed by atoms with Crippen LogP contribution in [-0.2, 0) is 10.0 Å². The molecule has 0 heterocycles. The fraction of sp³-hybridized carbons (Fsp3) is 0.278. The lowest BCUT2D eigenvalue weighted by Crippen LogP contribution is -2.32. The molecule has 0 bridgehead atoms. The number of nitrogens with one attached hydrogen (secondary N) is 1. The zero-order valence-corrected chi connectivity index (χ0v) is 14.7. The Labute approximate surface area is 142 Å². The first kappa shape index (κ1) is 18.0. The van der Waals surface area contributed by atoms with E-state index in [1.807, 2.05) is 32.0 Å². The van der Waals surface area contributed by atoms with E-state index in [0.717, 1.165) is 5.56 Å². The van der Waals surface area contributed by atoms with Crippen LogP contribution in [0.4, 0.5) is 0 Å². The molecule has 0 aliphatic carbocycles. The summed E-state index contributed by atoms with van der Waals surface area (Å²) < 4.78 is 33.3. The van der Waals surface area contributed by atoms with Crippen molar-refractivity contribution in [1.82, 2.24) is 4.72 Å². The molecule has 24 heavy (non-hydrogen) atoms. The number of rotatable bonds is 6. The van der Waals surface area contributed by atoms with E-state index in [0.29, 0.717) is 5.75 Å². The molecule has 0 saturated heterocycles. The van der Waals surface area contributed by atoms with Crippen molar-refractivity contribution < 1.29 is 13.2 Å². The third-order valence-corrected chi connectivity index (χ3v) is 5.22. The quantitative estimate of drug-likeness (QED) is 0.872. The van der Waals surface area contributed by atoms with E-state index >= 15 is 0 Å². The normalized spacial score (nSPS) is 12.6. The Morgan fingerprint density at radius 3 is 2.25 bits per heavy atom. The lowest BCUT2D eigenvalue weighted by atomic mass is 9.97. The van der Waals surface area contributed by atoms with Crippen LogP contribution >= 0.6 is 0 Å². The van der Waals surface area contributed by atoms with Crippen LogP contribution in [0.15, 0.2) is 53.4 Å². The van der Waals surface area contributed by atoms with E-state index in [1.54, 1.807) is 31.4 Å². The van der Waals surface area contributed by atoms with E-state index < -0.39 is 16.1 Å². The zero-order valence-electron chi connectivity index (χ0n) is 13.9. The van der Waals surface area contributed by atoms with Crippen molar-refractivity contribution in [3.8, 4) is 11.8 Å². The van der Waals surface area contributed by atoms with Gasteiger partial charge in [-0.25, -0.2) is 13.1 Å². The van der Waals surface area contributed by atoms with Crippen molar-refractivity contribution in [1.29, 1.82) is 5.26 Å². The van der Waals surface area contributed by atoms with Gasteiger partial charge in [-0.15, -0.1) is 0 Å². The van der Waals surface area contributed by atoms with Gasteiger partial charge < -0.3 is 4.74 Å². The standard InChI is InChI=1S/C18H20N2O3S/c1-13(2)18(14-8-10-16(23-3)11-9-14)20-24(21,22)17-7-5-4-6-15(17)12-19/h4-11,13,18,20H,1-3H3. The monoisotopic (exact) mass is 344 g/mol. The van der Waals surface area contributed by atoms with Gasteiger partial charge >= 0.3 is 0 Å². The zero-order chi connectivity index (χ0) is 17.7. The van der Waals surface area contributed by atoms with Crippen LogP contribution < -0.4 is 9.46 Å². The minimum atomic E-state index is -3.81. The Kier molecular flexibility index (Phi) is 5.60. The van der Waals surface area contributed by atoms with Gasteiger partial charge in [0, 0.05) is 6.04 Å². The second kappa shape index (κ2) is 7.47. The van der Waals surface area contributed by atoms with Crippen molar-refractivity contribution in [2.24, 2.45) is 5.92 Å². The Morgan fingerprint density at radius 1 is 1.08 bits per heavy atom. The average molecular weight is 344 g/mol. The maximum atomic E-state index is 12.7. The molecule has 2 aromatic rings. The Bertz CT molecular complexity index is 837. The summed E-state index contributed by atoms with van der Waals surface area (Å²) >= 11 is 0. The van der Waals surface area contributed by atoms with E-state index in [2.05, 4.69) is 4.72 Å². The number of methoxy groups -OCH3 is 1. The van der Waals surface area contributed by atoms with Crippen LogP contribution in [0.2, 0.25) is 0 Å². The second-order valence-corrected chi connectivity index (χ2v) is 7.41. The Morgan fingerprint density at radius 2 is 1.71 bits per heavy atom. The molecule has 1 atom stereocenters. The van der Waals surface area contributed by atoms with E-state index in [9.17, 15) is 8.42 Å². The number of nitrogens with zero attached hydrogens (tertiary/aromatic N) is 1. The summed E-state index contributed by atoms with van der Waals surface area (Å²) in [4.78, 5) is -0.00772. The summed E-state index contributed by atoms with van der Waals surface area (Å²) in [5.41, 5.74) is 0.964. The van der Waals surface area contributed by atoms with Crippen molar-refractivity contribution >= 4 is 10.0 Å². The van der Waals surface area contributed by atoms with Gasteiger partial charge in [0.15, 0.2) is 0 Å². The van der Waals surface area contributed by atoms with Gasteiger partial charge in [-0.1, -0.05) is 38.1 Å². The van der Waals surface area contributed by atoms with Crippen molar-refractivity contribution in [3.05, 3.63) is 59.7 Å². The number of nitriles is 1. The maximum Gasteiger partial charge on any atom is 0.242 e. The summed E-state index contributed by atoms with van der Waals surface area (Å²) in [5, 5.41) is 9.14. The number of ether oxygens (including phenoxy) is 1. The van der Waals surface area contributed by atoms with Crippen LogP contribution in [0.3, 0.4) is 0 Å². The lowest BCUT2D eigenvalue weighted by Gasteiger charge is -2.23. The molecule has 5 nitrogen and oxygen atoms in total. The highest BCUT2D eigenvalue weighted by atomic mass is 32.2. The van der Waals surface area contributed by atoms with E-state index in [-0.39, 0.29) is 16.4 Å². The molecule has 0 fully saturated rings. The van der Waals surface area contributed by atoms with Gasteiger partial charge in [-0.3, -0.25) is 0 Å². The molecule has 6 heteroatoms. The minimum Gasteiger partial charge on any atom is -0.497 e. The molecular weight excluding hydrogens is 324 g/mol. The SMILES string of the molecule is COc1ccc(C(NS(=O)(=O)c2ccccc2C#N)C(C)C)cc1. The Balaban J connectivity index is 2.38. The predicted octanol–water partition coefficient (Wildman–Crippen LogP) is 3.24. The first-order valence-electron chi connectivity index (χ1n) is 7.54. The molecule has 126 valence electrons. The van der Waals surface area contributed by atoms with E-state index in [1.165, 1.54) is 12.1 Å². The summed E-state index contributed by atoms with van der Waals surface area (Å²) in [6.45, 7) is 3.88. The van der Waals surface area contributed by atoms with Gasteiger partial charge in [0.05, 0.1) is 17.6 Å². The fourth-order valence-electron chi connectivity index (χ4n) is 2.42. The molecule has 2 aromatic carbocycles. The van der Waals surface area contributed by atoms with Crippen LogP contribution in [0, 0.1) is 17.2 Å². The minimum absolute atomic E-state index is 0.00772. The highest BCUT2D eigenvalue weighted by molar-refractivity contribution is 7.89. The first-order chi connectivity index (χ1) is 11.4. The number of benzene rings is 2. The molecule has 0 amide bonds. The van der Waals surface area contributed by atoms with Gasteiger partial charge in [0.1, 0.15) is 11.8 Å². The summed E-state index contributed by atoms with van der Waals surface area (Å²) in [6, 6.07) is 14.9. The molecule has 0 aromatic heterocycles. The van der Waals surface area contributed by atoms with Crippen LogP contribution in [0.25, 0.3) is 0 Å². The molecular formula is C18H20N2O3S. The maximum absolute atomic E-state index is 12.7. The van der Waals surface area contributed by atoms with Gasteiger partial charge in [0.25, 0.3) is 0 Å². The fourth-order valence-corrected chi connectivity index (χ4v) is 3.95. The summed E-state index contributed by atoms with van der Waals surface area (Å²) in [7, 11) is -2.24. The molecule has 0 spiro atoms. The van der Waals surface area contributed by atoms with E-state index in [4.69, 9.17) is 10.00 Å².